The molecule has 1 heterocycles. The summed E-state index contributed by atoms with van der Waals surface area (Å²) in [6, 6.07) is 8.80. The minimum atomic E-state index is -0.587. The van der Waals surface area contributed by atoms with Gasteiger partial charge in [0.1, 0.15) is 22.9 Å². The van der Waals surface area contributed by atoms with Gasteiger partial charge in [-0.2, -0.15) is 0 Å². The Hall–Kier alpha value is -2.40. The first-order valence-electron chi connectivity index (χ1n) is 8.95. The van der Waals surface area contributed by atoms with E-state index in [1.807, 2.05) is 18.0 Å². The van der Waals surface area contributed by atoms with Gasteiger partial charge < -0.3 is 9.47 Å². The van der Waals surface area contributed by atoms with Crippen LogP contribution in [0.5, 0.6) is 11.5 Å². The van der Waals surface area contributed by atoms with Crippen molar-refractivity contribution >= 4 is 5.97 Å². The molecule has 0 fully saturated rings. The molecule has 26 heavy (non-hydrogen) atoms. The van der Waals surface area contributed by atoms with Gasteiger partial charge in [0.15, 0.2) is 0 Å². The average Bonchev–Trinajstić information content (AvgIpc) is 3.02. The topological polar surface area (TPSA) is 38.8 Å². The van der Waals surface area contributed by atoms with Crippen LogP contribution in [0, 0.1) is 12.7 Å². The van der Waals surface area contributed by atoms with Crippen molar-refractivity contribution in [3.8, 4) is 11.5 Å². The van der Waals surface area contributed by atoms with Crippen LogP contribution in [0.15, 0.2) is 30.3 Å². The molecular weight excluding hydrogens is 333 g/mol. The molecule has 5 heteroatoms. The van der Waals surface area contributed by atoms with Gasteiger partial charge in [-0.25, -0.2) is 9.18 Å². The minimum Gasteiger partial charge on any atom is -0.492 e. The van der Waals surface area contributed by atoms with Gasteiger partial charge in [-0.05, 0) is 32.5 Å². The second-order valence-corrected chi connectivity index (χ2v) is 6.68. The van der Waals surface area contributed by atoms with Gasteiger partial charge in [-0.3, -0.25) is 4.90 Å². The largest absolute Gasteiger partial charge is 0.492 e. The highest BCUT2D eigenvalue weighted by Gasteiger charge is 2.32. The van der Waals surface area contributed by atoms with E-state index < -0.39 is 5.97 Å². The van der Waals surface area contributed by atoms with E-state index in [1.54, 1.807) is 31.2 Å². The van der Waals surface area contributed by atoms with Gasteiger partial charge in [-0.1, -0.05) is 31.5 Å². The fourth-order valence-corrected chi connectivity index (χ4v) is 3.22. The zero-order valence-corrected chi connectivity index (χ0v) is 15.5. The van der Waals surface area contributed by atoms with Crippen molar-refractivity contribution in [2.24, 2.45) is 0 Å². The average molecular weight is 357 g/mol. The molecule has 0 amide bonds. The third kappa shape index (κ3) is 3.58. The number of hydrogen-bond donors (Lipinski definition) is 0. The third-order valence-electron chi connectivity index (χ3n) is 4.59. The molecule has 0 N–H and O–H groups in total. The molecular formula is C21H24FNO3. The number of nitrogens with zero attached hydrogens (tertiary/aromatic N) is 1. The molecule has 0 aliphatic carbocycles. The summed E-state index contributed by atoms with van der Waals surface area (Å²) in [5.41, 5.74) is 1.85. The Morgan fingerprint density at radius 1 is 1.19 bits per heavy atom. The molecule has 1 aliphatic heterocycles. The lowest BCUT2D eigenvalue weighted by Crippen LogP contribution is -2.16. The molecule has 0 atom stereocenters. The Balaban J connectivity index is 2.03. The summed E-state index contributed by atoms with van der Waals surface area (Å²) in [6.07, 6.45) is 1.85. The molecule has 3 rings (SSSR count). The molecule has 0 bridgehead atoms. The number of fused-ring (bicyclic) bond motifs is 1. The Morgan fingerprint density at radius 2 is 1.88 bits per heavy atom. The van der Waals surface area contributed by atoms with Crippen molar-refractivity contribution in [1.82, 2.24) is 4.90 Å². The molecule has 138 valence electrons. The van der Waals surface area contributed by atoms with Crippen molar-refractivity contribution < 1.29 is 18.7 Å². The first kappa shape index (κ1) is 18.4. The maximum absolute atomic E-state index is 14.9. The van der Waals surface area contributed by atoms with Crippen LogP contribution in [-0.2, 0) is 13.1 Å². The van der Waals surface area contributed by atoms with E-state index in [4.69, 9.17) is 9.47 Å². The number of carbonyl (C=O) groups is 1. The van der Waals surface area contributed by atoms with Crippen LogP contribution in [0.4, 0.5) is 4.39 Å². The van der Waals surface area contributed by atoms with Gasteiger partial charge in [0.2, 0.25) is 0 Å². The summed E-state index contributed by atoms with van der Waals surface area (Å²) in [5, 5.41) is 0. The van der Waals surface area contributed by atoms with E-state index in [1.165, 1.54) is 0 Å². The summed E-state index contributed by atoms with van der Waals surface area (Å²) in [4.78, 5) is 14.8. The lowest BCUT2D eigenvalue weighted by molar-refractivity contribution is 0.0728. The van der Waals surface area contributed by atoms with Crippen molar-refractivity contribution in [3.05, 3.63) is 58.4 Å². The zero-order valence-electron chi connectivity index (χ0n) is 15.5. The second kappa shape index (κ2) is 7.87. The smallest absolute Gasteiger partial charge is 0.347 e. The number of hydrogen-bond acceptors (Lipinski definition) is 4. The van der Waals surface area contributed by atoms with Gasteiger partial charge in [-0.15, -0.1) is 0 Å². The number of ether oxygens (including phenoxy) is 2. The van der Waals surface area contributed by atoms with Crippen LogP contribution in [0.3, 0.4) is 0 Å². The summed E-state index contributed by atoms with van der Waals surface area (Å²) in [6.45, 7) is 5.24. The zero-order chi connectivity index (χ0) is 18.7. The van der Waals surface area contributed by atoms with Crippen LogP contribution in [0.1, 0.15) is 46.8 Å². The van der Waals surface area contributed by atoms with Gasteiger partial charge in [0.05, 0.1) is 6.61 Å². The number of para-hydroxylation sites is 1. The molecule has 2 aromatic rings. The maximum atomic E-state index is 14.9. The molecule has 0 unspecified atom stereocenters. The number of halogens is 1. The van der Waals surface area contributed by atoms with E-state index in [0.29, 0.717) is 36.8 Å². The van der Waals surface area contributed by atoms with Gasteiger partial charge in [0.25, 0.3) is 0 Å². The summed E-state index contributed by atoms with van der Waals surface area (Å²) in [7, 11) is 1.92. The molecule has 2 aromatic carbocycles. The fraction of sp³-hybridized carbons (Fsp3) is 0.381. The number of benzene rings is 2. The summed E-state index contributed by atoms with van der Waals surface area (Å²) in [5.74, 6) is -0.0317. The van der Waals surface area contributed by atoms with Crippen molar-refractivity contribution in [1.29, 1.82) is 0 Å². The first-order chi connectivity index (χ1) is 12.5. The monoisotopic (exact) mass is 357 g/mol. The third-order valence-corrected chi connectivity index (χ3v) is 4.59. The highest BCUT2D eigenvalue weighted by atomic mass is 19.1. The molecule has 0 saturated heterocycles. The highest BCUT2D eigenvalue weighted by molar-refractivity contribution is 5.96. The SMILES string of the molecule is CCCCOc1c2c(c(F)c(C)c1C(=O)Oc1ccccc1)CN(C)C2. The number of rotatable bonds is 6. The van der Waals surface area contributed by atoms with E-state index in [0.717, 1.165) is 18.4 Å². The lowest BCUT2D eigenvalue weighted by Gasteiger charge is -2.18. The predicted molar refractivity (Wildman–Crippen MR) is 98.1 cm³/mol. The van der Waals surface area contributed by atoms with E-state index in [-0.39, 0.29) is 16.9 Å². The van der Waals surface area contributed by atoms with Gasteiger partial charge >= 0.3 is 5.97 Å². The lowest BCUT2D eigenvalue weighted by atomic mass is 9.98. The van der Waals surface area contributed by atoms with E-state index in [2.05, 4.69) is 6.92 Å². The molecule has 0 saturated carbocycles. The van der Waals surface area contributed by atoms with Crippen LogP contribution in [0.25, 0.3) is 0 Å². The normalized spacial score (nSPS) is 13.5. The Morgan fingerprint density at radius 3 is 2.58 bits per heavy atom. The number of unbranched alkanes of at least 4 members (excludes halogenated alkanes) is 1. The second-order valence-electron chi connectivity index (χ2n) is 6.68. The first-order valence-corrected chi connectivity index (χ1v) is 8.95. The number of esters is 1. The molecule has 0 aromatic heterocycles. The number of carbonyl (C=O) groups excluding carboxylic acids is 1. The van der Waals surface area contributed by atoms with Gasteiger partial charge in [0, 0.05) is 29.8 Å². The Kier molecular flexibility index (Phi) is 5.57. The maximum Gasteiger partial charge on any atom is 0.347 e. The molecule has 1 aliphatic rings. The molecule has 0 radical (unpaired) electrons. The van der Waals surface area contributed by atoms with Crippen LogP contribution in [0.2, 0.25) is 0 Å². The summed E-state index contributed by atoms with van der Waals surface area (Å²) >= 11 is 0. The van der Waals surface area contributed by atoms with E-state index in [9.17, 15) is 9.18 Å². The summed E-state index contributed by atoms with van der Waals surface area (Å²) < 4.78 is 26.4. The Bertz CT molecular complexity index is 805. The highest BCUT2D eigenvalue weighted by Crippen LogP contribution is 2.38. The van der Waals surface area contributed by atoms with Crippen molar-refractivity contribution in [3.63, 3.8) is 0 Å². The fourth-order valence-electron chi connectivity index (χ4n) is 3.22. The quantitative estimate of drug-likeness (QED) is 0.434. The Labute approximate surface area is 153 Å². The minimum absolute atomic E-state index is 0.191. The van der Waals surface area contributed by atoms with Crippen molar-refractivity contribution in [2.75, 3.05) is 13.7 Å². The van der Waals surface area contributed by atoms with Crippen LogP contribution in [-0.4, -0.2) is 24.5 Å². The van der Waals surface area contributed by atoms with Crippen LogP contribution < -0.4 is 9.47 Å². The standard InChI is InChI=1S/C21H24FNO3/c1-4-5-11-25-20-17-13-23(3)12-16(17)19(22)14(2)18(20)21(24)26-15-9-7-6-8-10-15/h6-10H,4-5,11-13H2,1-3H3. The van der Waals surface area contributed by atoms with Crippen molar-refractivity contribution in [2.45, 2.75) is 39.8 Å². The molecule has 4 nitrogen and oxygen atoms in total. The van der Waals surface area contributed by atoms with Crippen LogP contribution >= 0.6 is 0 Å². The molecule has 0 spiro atoms. The van der Waals surface area contributed by atoms with E-state index >= 15 is 0 Å². The predicted octanol–water partition coefficient (Wildman–Crippen LogP) is 4.48.